The smallest absolute Gasteiger partial charge is 0.189 e. The summed E-state index contributed by atoms with van der Waals surface area (Å²) in [4.78, 5) is 13.4. The lowest BCUT2D eigenvalue weighted by atomic mass is 9.90. The largest absolute Gasteiger partial charge is 0.382 e. The third-order valence-corrected chi connectivity index (χ3v) is 6.29. The van der Waals surface area contributed by atoms with E-state index in [0.29, 0.717) is 34.6 Å². The van der Waals surface area contributed by atoms with E-state index in [1.165, 1.54) is 5.56 Å². The van der Waals surface area contributed by atoms with Gasteiger partial charge >= 0.3 is 0 Å². The Balaban J connectivity index is 1.36. The molecule has 0 saturated carbocycles. The van der Waals surface area contributed by atoms with Crippen LogP contribution in [0, 0.1) is 11.3 Å². The normalized spacial score (nSPS) is 15.6. The van der Waals surface area contributed by atoms with Gasteiger partial charge in [-0.15, -0.1) is 0 Å². The Labute approximate surface area is 209 Å². The third-order valence-electron chi connectivity index (χ3n) is 6.29. The van der Waals surface area contributed by atoms with Crippen LogP contribution in [0.3, 0.4) is 0 Å². The first-order valence-corrected chi connectivity index (χ1v) is 11.8. The molecule has 182 valence electrons. The second kappa shape index (κ2) is 9.85. The Morgan fingerprint density at radius 2 is 1.94 bits per heavy atom. The van der Waals surface area contributed by atoms with Gasteiger partial charge in [0.05, 0.1) is 35.7 Å². The zero-order chi connectivity index (χ0) is 25.1. The van der Waals surface area contributed by atoms with Crippen molar-refractivity contribution in [3.8, 4) is 40.0 Å². The van der Waals surface area contributed by atoms with Crippen LogP contribution in [0.1, 0.15) is 31.5 Å². The number of nitrogens with two attached hydrogens (primary N) is 1. The summed E-state index contributed by atoms with van der Waals surface area (Å²) in [5.41, 5.74) is 10.7. The molecular formula is C27H27N7O2. The van der Waals surface area contributed by atoms with Crippen LogP contribution < -0.4 is 11.1 Å². The van der Waals surface area contributed by atoms with E-state index in [2.05, 4.69) is 38.6 Å². The van der Waals surface area contributed by atoms with Gasteiger partial charge in [0.1, 0.15) is 5.69 Å². The first kappa shape index (κ1) is 23.6. The molecule has 1 fully saturated rings. The highest BCUT2D eigenvalue weighted by Crippen LogP contribution is 2.31. The van der Waals surface area contributed by atoms with Gasteiger partial charge in [-0.3, -0.25) is 4.98 Å². The molecule has 3 aromatic heterocycles. The molecule has 0 amide bonds. The number of hydrogen-bond donors (Lipinski definition) is 2. The molecule has 5 rings (SSSR count). The Kier molecular flexibility index (Phi) is 6.46. The van der Waals surface area contributed by atoms with Crippen molar-refractivity contribution < 1.29 is 9.26 Å². The van der Waals surface area contributed by atoms with Crippen molar-refractivity contribution in [1.82, 2.24) is 25.4 Å². The highest BCUT2D eigenvalue weighted by molar-refractivity contribution is 5.73. The van der Waals surface area contributed by atoms with Crippen LogP contribution in [-0.2, 0) is 16.7 Å². The van der Waals surface area contributed by atoms with Gasteiger partial charge in [-0.05, 0) is 38.0 Å². The molecule has 0 unspecified atom stereocenters. The maximum absolute atomic E-state index is 9.46. The maximum Gasteiger partial charge on any atom is 0.189 e. The molecule has 1 aliphatic rings. The van der Waals surface area contributed by atoms with Crippen LogP contribution >= 0.6 is 0 Å². The number of ether oxygens (including phenoxy) is 1. The summed E-state index contributed by atoms with van der Waals surface area (Å²) in [6.07, 6.45) is 4.31. The zero-order valence-electron chi connectivity index (χ0n) is 20.2. The van der Waals surface area contributed by atoms with Gasteiger partial charge < -0.3 is 20.3 Å². The summed E-state index contributed by atoms with van der Waals surface area (Å²) in [7, 11) is 0. The van der Waals surface area contributed by atoms with E-state index >= 15 is 0 Å². The van der Waals surface area contributed by atoms with Crippen LogP contribution in [-0.4, -0.2) is 39.4 Å². The van der Waals surface area contributed by atoms with Gasteiger partial charge in [-0.1, -0.05) is 29.4 Å². The summed E-state index contributed by atoms with van der Waals surface area (Å²) in [6.45, 7) is 6.03. The van der Waals surface area contributed by atoms with Crippen LogP contribution in [0.25, 0.3) is 34.0 Å². The van der Waals surface area contributed by atoms with Gasteiger partial charge in [0.2, 0.25) is 0 Å². The van der Waals surface area contributed by atoms with Gasteiger partial charge in [-0.25, -0.2) is 9.97 Å². The summed E-state index contributed by atoms with van der Waals surface area (Å²) in [5.74, 6) is 0.667. The van der Waals surface area contributed by atoms with Crippen molar-refractivity contribution in [2.75, 3.05) is 18.9 Å². The third kappa shape index (κ3) is 4.96. The van der Waals surface area contributed by atoms with Crippen molar-refractivity contribution in [1.29, 1.82) is 5.26 Å². The number of hydrogen-bond acceptors (Lipinski definition) is 9. The molecule has 0 aliphatic carbocycles. The predicted octanol–water partition coefficient (Wildman–Crippen LogP) is 4.12. The maximum atomic E-state index is 9.46. The monoisotopic (exact) mass is 481 g/mol. The first-order valence-electron chi connectivity index (χ1n) is 11.8. The summed E-state index contributed by atoms with van der Waals surface area (Å²) < 4.78 is 11.0. The lowest BCUT2D eigenvalue weighted by Gasteiger charge is -2.15. The minimum absolute atomic E-state index is 0.241. The Bertz CT molecular complexity index is 1400. The number of aromatic nitrogens is 4. The van der Waals surface area contributed by atoms with Crippen LogP contribution in [0.5, 0.6) is 0 Å². The first-order chi connectivity index (χ1) is 17.4. The van der Waals surface area contributed by atoms with E-state index in [1.807, 2.05) is 44.2 Å². The molecule has 0 bridgehead atoms. The van der Waals surface area contributed by atoms with Gasteiger partial charge in [0, 0.05) is 42.6 Å². The molecule has 3 N–H and O–H groups in total. The van der Waals surface area contributed by atoms with E-state index in [4.69, 9.17) is 20.0 Å². The number of anilines is 1. The van der Waals surface area contributed by atoms with E-state index in [1.54, 1.807) is 12.4 Å². The fourth-order valence-electron chi connectivity index (χ4n) is 3.98. The van der Waals surface area contributed by atoms with E-state index < -0.39 is 5.41 Å². The highest BCUT2D eigenvalue weighted by atomic mass is 16.5. The Morgan fingerprint density at radius 1 is 1.11 bits per heavy atom. The van der Waals surface area contributed by atoms with Gasteiger partial charge in [0.25, 0.3) is 0 Å². The average molecular weight is 482 g/mol. The topological polar surface area (TPSA) is 136 Å². The highest BCUT2D eigenvalue weighted by Gasteiger charge is 2.22. The molecule has 0 spiro atoms. The SMILES string of the molecule is CC(C)(C#N)c1cc(-c2cnc(N)c(-c3cc(-c4ccc(CN[C@H]5CCOC5)cc4)no3)n2)ccn1. The van der Waals surface area contributed by atoms with Crippen molar-refractivity contribution in [2.24, 2.45) is 0 Å². The Hall–Kier alpha value is -4.13. The molecule has 4 aromatic rings. The lowest BCUT2D eigenvalue weighted by Crippen LogP contribution is -2.28. The summed E-state index contributed by atoms with van der Waals surface area (Å²) >= 11 is 0. The zero-order valence-corrected chi connectivity index (χ0v) is 20.2. The average Bonchev–Trinajstić information content (AvgIpc) is 3.61. The number of nitrogens with zero attached hydrogens (tertiary/aromatic N) is 5. The minimum Gasteiger partial charge on any atom is -0.382 e. The fraction of sp³-hybridized carbons (Fsp3) is 0.296. The molecule has 9 heteroatoms. The summed E-state index contributed by atoms with van der Waals surface area (Å²) in [6, 6.07) is 16.4. The minimum atomic E-state index is -0.726. The van der Waals surface area contributed by atoms with Crippen molar-refractivity contribution in [3.05, 3.63) is 66.1 Å². The number of rotatable bonds is 7. The molecule has 9 nitrogen and oxygen atoms in total. The second-order valence-corrected chi connectivity index (χ2v) is 9.37. The fourth-order valence-corrected chi connectivity index (χ4v) is 3.98. The molecule has 1 saturated heterocycles. The molecule has 36 heavy (non-hydrogen) atoms. The second-order valence-electron chi connectivity index (χ2n) is 9.37. The molecular weight excluding hydrogens is 454 g/mol. The summed E-state index contributed by atoms with van der Waals surface area (Å²) in [5, 5.41) is 17.2. The van der Waals surface area contributed by atoms with E-state index in [-0.39, 0.29) is 5.82 Å². The standard InChI is InChI=1S/C27H27N7O2/c1-27(2,16-28)24-11-19(7-9-30-24)22-14-32-26(29)25(33-22)23-12-21(34-36-23)18-5-3-17(4-6-18)13-31-20-8-10-35-15-20/h3-7,9,11-12,14,20,31H,8,10,13,15H2,1-2H3,(H2,29,32)/t20-/m0/s1. The molecule has 0 radical (unpaired) electrons. The lowest BCUT2D eigenvalue weighted by molar-refractivity contribution is 0.190. The molecule has 4 heterocycles. The number of nitriles is 1. The van der Waals surface area contributed by atoms with Crippen molar-refractivity contribution in [2.45, 2.75) is 38.3 Å². The van der Waals surface area contributed by atoms with E-state index in [9.17, 15) is 5.26 Å². The quantitative estimate of drug-likeness (QED) is 0.399. The number of nitrogen functional groups attached to an aromatic ring is 1. The Morgan fingerprint density at radius 3 is 2.69 bits per heavy atom. The van der Waals surface area contributed by atoms with Crippen LogP contribution in [0.4, 0.5) is 5.82 Å². The van der Waals surface area contributed by atoms with E-state index in [0.717, 1.165) is 37.3 Å². The van der Waals surface area contributed by atoms with Gasteiger partial charge in [-0.2, -0.15) is 5.26 Å². The molecule has 1 atom stereocenters. The van der Waals surface area contributed by atoms with Crippen LogP contribution in [0.2, 0.25) is 0 Å². The molecule has 1 aliphatic heterocycles. The molecule has 1 aromatic carbocycles. The number of pyridine rings is 1. The number of benzene rings is 1. The van der Waals surface area contributed by atoms with Crippen molar-refractivity contribution >= 4 is 5.82 Å². The van der Waals surface area contributed by atoms with Crippen LogP contribution in [0.15, 0.2) is 59.4 Å². The van der Waals surface area contributed by atoms with Gasteiger partial charge in [0.15, 0.2) is 17.3 Å². The number of nitrogens with one attached hydrogen (secondary N) is 1. The van der Waals surface area contributed by atoms with Crippen molar-refractivity contribution in [3.63, 3.8) is 0 Å². The predicted molar refractivity (Wildman–Crippen MR) is 135 cm³/mol.